The molecule has 0 unspecified atom stereocenters. The summed E-state index contributed by atoms with van der Waals surface area (Å²) in [5, 5.41) is 0.938. The van der Waals surface area contributed by atoms with Crippen LogP contribution in [0.4, 0.5) is 18.9 Å². The van der Waals surface area contributed by atoms with Gasteiger partial charge >= 0.3 is 0 Å². The third-order valence-corrected chi connectivity index (χ3v) is 5.83. The minimum absolute atomic E-state index is 0.125. The van der Waals surface area contributed by atoms with Gasteiger partial charge in [-0.3, -0.25) is 4.72 Å². The predicted molar refractivity (Wildman–Crippen MR) is 101 cm³/mol. The van der Waals surface area contributed by atoms with Gasteiger partial charge in [-0.05, 0) is 24.3 Å². The van der Waals surface area contributed by atoms with E-state index in [2.05, 4.69) is 14.7 Å². The summed E-state index contributed by atoms with van der Waals surface area (Å²) in [4.78, 5) is 6.54. The summed E-state index contributed by atoms with van der Waals surface area (Å²) in [7, 11) is -4.17. The van der Waals surface area contributed by atoms with Crippen molar-refractivity contribution in [1.82, 2.24) is 9.97 Å². The Morgan fingerprint density at radius 1 is 1.11 bits per heavy atom. The number of halogens is 4. The molecule has 0 fully saturated rings. The summed E-state index contributed by atoms with van der Waals surface area (Å²) >= 11 is 5.67. The second-order valence-electron chi connectivity index (χ2n) is 5.98. The van der Waals surface area contributed by atoms with E-state index in [1.807, 2.05) is 0 Å². The Morgan fingerprint density at radius 3 is 2.57 bits per heavy atom. The number of H-pyrrole nitrogens is 1. The maximum Gasteiger partial charge on any atom is 0.280 e. The average Bonchev–Trinajstić information content (AvgIpc) is 3.09. The van der Waals surface area contributed by atoms with E-state index in [4.69, 9.17) is 11.6 Å². The Morgan fingerprint density at radius 2 is 1.86 bits per heavy atom. The second kappa shape index (κ2) is 6.68. The molecular weight excluding hydrogens is 415 g/mol. The molecule has 0 atom stereocenters. The van der Waals surface area contributed by atoms with E-state index >= 15 is 0 Å². The second-order valence-corrected chi connectivity index (χ2v) is 8.07. The number of hydrogen-bond donors (Lipinski definition) is 2. The van der Waals surface area contributed by atoms with Gasteiger partial charge in [-0.1, -0.05) is 29.8 Å². The molecule has 0 aliphatic carbocycles. The fourth-order valence-corrected chi connectivity index (χ4v) is 4.28. The van der Waals surface area contributed by atoms with E-state index in [0.717, 1.165) is 6.07 Å². The van der Waals surface area contributed by atoms with Crippen LogP contribution in [0.5, 0.6) is 0 Å². The van der Waals surface area contributed by atoms with Gasteiger partial charge in [-0.15, -0.1) is 0 Å². The first-order valence-corrected chi connectivity index (χ1v) is 9.79. The molecule has 28 heavy (non-hydrogen) atoms. The van der Waals surface area contributed by atoms with Crippen molar-refractivity contribution in [2.24, 2.45) is 0 Å². The smallest absolute Gasteiger partial charge is 0.280 e. The summed E-state index contributed by atoms with van der Waals surface area (Å²) in [6.45, 7) is 0. The molecule has 144 valence electrons. The van der Waals surface area contributed by atoms with Crippen molar-refractivity contribution in [3.05, 3.63) is 65.2 Å². The van der Waals surface area contributed by atoms with Crippen LogP contribution in [0.2, 0.25) is 5.02 Å². The molecule has 2 aromatic carbocycles. The highest BCUT2D eigenvalue weighted by atomic mass is 35.5. The first-order valence-electron chi connectivity index (χ1n) is 7.93. The number of hydrogen-bond acceptors (Lipinski definition) is 3. The highest BCUT2D eigenvalue weighted by Crippen LogP contribution is 2.31. The fourth-order valence-electron chi connectivity index (χ4n) is 2.89. The van der Waals surface area contributed by atoms with Crippen LogP contribution >= 0.6 is 11.6 Å². The quantitative estimate of drug-likeness (QED) is 0.469. The molecule has 0 aliphatic heterocycles. The van der Waals surface area contributed by atoms with E-state index in [-0.39, 0.29) is 32.0 Å². The van der Waals surface area contributed by atoms with Gasteiger partial charge in [-0.2, -0.15) is 0 Å². The molecule has 0 radical (unpaired) electrons. The van der Waals surface area contributed by atoms with Gasteiger partial charge in [0.1, 0.15) is 16.4 Å². The lowest BCUT2D eigenvalue weighted by Crippen LogP contribution is -2.13. The van der Waals surface area contributed by atoms with Gasteiger partial charge in [0.05, 0.1) is 16.7 Å². The minimum atomic E-state index is -4.17. The highest BCUT2D eigenvalue weighted by Gasteiger charge is 2.22. The van der Waals surface area contributed by atoms with Gasteiger partial charge in [0.2, 0.25) is 0 Å². The number of pyridine rings is 1. The molecule has 2 N–H and O–H groups in total. The Balaban J connectivity index is 1.84. The molecule has 4 rings (SSSR count). The molecular formula is C18H11ClF3N3O2S. The number of benzene rings is 2. The van der Waals surface area contributed by atoms with E-state index in [0.29, 0.717) is 5.39 Å². The summed E-state index contributed by atoms with van der Waals surface area (Å²) < 4.78 is 67.6. The minimum Gasteiger partial charge on any atom is -0.358 e. The van der Waals surface area contributed by atoms with Gasteiger partial charge in [0.15, 0.2) is 0 Å². The Kier molecular flexibility index (Phi) is 4.43. The Bertz CT molecular complexity index is 1320. The van der Waals surface area contributed by atoms with Crippen LogP contribution in [0.3, 0.4) is 0 Å². The Hall–Kier alpha value is -2.78. The predicted octanol–water partition coefficient (Wildman–Crippen LogP) is 5.25. The molecule has 0 spiro atoms. The fraction of sp³-hybridized carbons (Fsp3) is 0.0556. The number of aromatic amines is 1. The van der Waals surface area contributed by atoms with Gasteiger partial charge in [0, 0.05) is 22.0 Å². The van der Waals surface area contributed by atoms with Gasteiger partial charge in [-0.25, -0.2) is 26.6 Å². The van der Waals surface area contributed by atoms with Crippen LogP contribution in [0.25, 0.3) is 21.8 Å². The number of nitrogens with one attached hydrogen (secondary N) is 2. The zero-order chi connectivity index (χ0) is 20.1. The number of nitrogens with zero attached hydrogens (tertiary/aromatic N) is 1. The zero-order valence-corrected chi connectivity index (χ0v) is 15.5. The third-order valence-electron chi connectivity index (χ3n) is 4.19. The van der Waals surface area contributed by atoms with Crippen molar-refractivity contribution in [1.29, 1.82) is 0 Å². The molecule has 0 amide bonds. The molecule has 2 aromatic heterocycles. The van der Waals surface area contributed by atoms with Crippen molar-refractivity contribution in [3.63, 3.8) is 0 Å². The molecule has 0 bridgehead atoms. The number of rotatable bonds is 4. The maximum atomic E-state index is 14.0. The summed E-state index contributed by atoms with van der Waals surface area (Å²) in [6.07, 6.45) is -1.55. The number of fused-ring (bicyclic) bond motifs is 3. The van der Waals surface area contributed by atoms with Gasteiger partial charge < -0.3 is 4.98 Å². The highest BCUT2D eigenvalue weighted by molar-refractivity contribution is 7.93. The Labute approximate surface area is 162 Å². The van der Waals surface area contributed by atoms with Crippen molar-refractivity contribution in [3.8, 4) is 0 Å². The average molecular weight is 426 g/mol. The van der Waals surface area contributed by atoms with Crippen molar-refractivity contribution < 1.29 is 21.6 Å². The van der Waals surface area contributed by atoms with Crippen LogP contribution in [0.1, 0.15) is 12.1 Å². The van der Waals surface area contributed by atoms with Crippen LogP contribution in [-0.4, -0.2) is 18.4 Å². The lowest BCUT2D eigenvalue weighted by atomic mass is 10.1. The topological polar surface area (TPSA) is 74.8 Å². The molecule has 0 aliphatic rings. The first-order chi connectivity index (χ1) is 13.3. The number of anilines is 1. The normalized spacial score (nSPS) is 12.2. The van der Waals surface area contributed by atoms with Crippen molar-refractivity contribution in [2.45, 2.75) is 11.3 Å². The summed E-state index contributed by atoms with van der Waals surface area (Å²) in [6, 6.07) is 9.35. The lowest BCUT2D eigenvalue weighted by Gasteiger charge is -2.09. The van der Waals surface area contributed by atoms with Crippen molar-refractivity contribution >= 4 is 49.1 Å². The summed E-state index contributed by atoms with van der Waals surface area (Å²) in [5.41, 5.74) is -0.176. The first kappa shape index (κ1) is 18.6. The van der Waals surface area contributed by atoms with E-state index < -0.39 is 28.0 Å². The molecule has 0 saturated carbocycles. The molecule has 0 saturated heterocycles. The van der Waals surface area contributed by atoms with E-state index in [1.54, 1.807) is 6.07 Å². The number of sulfonamides is 1. The zero-order valence-electron chi connectivity index (χ0n) is 13.9. The monoisotopic (exact) mass is 425 g/mol. The number of alkyl halides is 2. The number of aromatic nitrogens is 2. The molecule has 4 aromatic rings. The largest absolute Gasteiger partial charge is 0.358 e. The van der Waals surface area contributed by atoms with Crippen molar-refractivity contribution in [2.75, 3.05) is 4.72 Å². The molecule has 10 heteroatoms. The van der Waals surface area contributed by atoms with Crippen LogP contribution < -0.4 is 4.72 Å². The van der Waals surface area contributed by atoms with E-state index in [9.17, 15) is 21.6 Å². The lowest BCUT2D eigenvalue weighted by molar-refractivity contribution is 0.146. The van der Waals surface area contributed by atoms with Crippen LogP contribution in [0.15, 0.2) is 53.6 Å². The van der Waals surface area contributed by atoms with E-state index in [1.165, 1.54) is 36.5 Å². The van der Waals surface area contributed by atoms with Crippen LogP contribution in [-0.2, 0) is 10.0 Å². The molecule has 2 heterocycles. The standard InChI is InChI=1S/C18H11ClF3N3O2S/c19-10-3-6-13(12(20)7-10)25-28(26,27)15-8-23-17-11(15)4-1-9-2-5-14(18(21)22)24-16(9)17/h1-8,18,23,25H. The third kappa shape index (κ3) is 3.16. The maximum absolute atomic E-state index is 14.0. The van der Waals surface area contributed by atoms with Crippen LogP contribution in [0, 0.1) is 5.82 Å². The summed E-state index contributed by atoms with van der Waals surface area (Å²) in [5.74, 6) is -0.829. The SMILES string of the molecule is O=S(=O)(Nc1ccc(Cl)cc1F)c1c[nH]c2c1ccc1ccc(C(F)F)nc12. The molecule has 5 nitrogen and oxygen atoms in total. The van der Waals surface area contributed by atoms with Gasteiger partial charge in [0.25, 0.3) is 16.4 Å².